The van der Waals surface area contributed by atoms with Crippen LogP contribution in [0.3, 0.4) is 0 Å². The van der Waals surface area contributed by atoms with E-state index in [9.17, 15) is 21.6 Å². The fraction of sp³-hybridized carbons (Fsp3) is 0.462. The quantitative estimate of drug-likeness (QED) is 0.828. The second-order valence-corrected chi connectivity index (χ2v) is 10.0. The lowest BCUT2D eigenvalue weighted by atomic mass is 10.2. The van der Waals surface area contributed by atoms with Crippen LogP contribution in [0.1, 0.15) is 12.8 Å². The smallest absolute Gasteiger partial charge is 0.235 e. The fourth-order valence-electron chi connectivity index (χ4n) is 2.18. The minimum Gasteiger partial charge on any atom is -0.325 e. The average molecular weight is 381 g/mol. The Bertz CT molecular complexity index is 821. The molecule has 10 heteroatoms. The molecular weight excluding hydrogens is 364 g/mol. The molecule has 0 atom stereocenters. The molecule has 0 saturated carbocycles. The summed E-state index contributed by atoms with van der Waals surface area (Å²) in [6.07, 6.45) is 1.40. The molecule has 0 aliphatic carbocycles. The summed E-state index contributed by atoms with van der Waals surface area (Å²) in [5.41, 5.74) is 0.676. The van der Waals surface area contributed by atoms with Crippen molar-refractivity contribution in [3.63, 3.8) is 0 Å². The third kappa shape index (κ3) is 4.82. The zero-order chi connectivity index (χ0) is 17.3. The van der Waals surface area contributed by atoms with Crippen molar-refractivity contribution in [1.29, 1.82) is 0 Å². The molecule has 0 unspecified atom stereocenters. The lowest BCUT2D eigenvalue weighted by Crippen LogP contribution is -2.25. The molecule has 0 radical (unpaired) electrons. The van der Waals surface area contributed by atoms with Crippen molar-refractivity contribution in [3.05, 3.63) is 23.2 Å². The summed E-state index contributed by atoms with van der Waals surface area (Å²) in [7, 11) is -6.57. The van der Waals surface area contributed by atoms with Crippen LogP contribution < -0.4 is 9.62 Å². The van der Waals surface area contributed by atoms with E-state index in [-0.39, 0.29) is 28.6 Å². The van der Waals surface area contributed by atoms with Gasteiger partial charge in [-0.25, -0.2) is 16.8 Å². The Morgan fingerprint density at radius 2 is 2.09 bits per heavy atom. The van der Waals surface area contributed by atoms with Gasteiger partial charge in [-0.15, -0.1) is 0 Å². The summed E-state index contributed by atoms with van der Waals surface area (Å²) < 4.78 is 47.3. The van der Waals surface area contributed by atoms with Gasteiger partial charge < -0.3 is 5.32 Å². The molecule has 0 spiro atoms. The van der Waals surface area contributed by atoms with Gasteiger partial charge in [-0.3, -0.25) is 9.10 Å². The van der Waals surface area contributed by atoms with Gasteiger partial charge in [-0.2, -0.15) is 0 Å². The van der Waals surface area contributed by atoms with Crippen LogP contribution >= 0.6 is 11.6 Å². The fourth-order valence-corrected chi connectivity index (χ4v) is 4.46. The number of hydrogen-bond donors (Lipinski definition) is 1. The summed E-state index contributed by atoms with van der Waals surface area (Å²) >= 11 is 6.01. The Labute approximate surface area is 140 Å². The Morgan fingerprint density at radius 3 is 2.65 bits per heavy atom. The number of carbonyl (C=O) groups is 1. The predicted molar refractivity (Wildman–Crippen MR) is 90.2 cm³/mol. The van der Waals surface area contributed by atoms with Gasteiger partial charge in [0.15, 0.2) is 0 Å². The molecule has 1 aromatic carbocycles. The summed E-state index contributed by atoms with van der Waals surface area (Å²) in [5.74, 6) is -0.679. The molecule has 0 aromatic heterocycles. The Morgan fingerprint density at radius 1 is 1.39 bits per heavy atom. The van der Waals surface area contributed by atoms with Gasteiger partial charge in [-0.1, -0.05) is 11.6 Å². The molecule has 1 N–H and O–H groups in total. The topological polar surface area (TPSA) is 101 Å². The number of hydrogen-bond acceptors (Lipinski definition) is 5. The highest BCUT2D eigenvalue weighted by molar-refractivity contribution is 7.93. The van der Waals surface area contributed by atoms with Gasteiger partial charge in [0.05, 0.1) is 27.9 Å². The molecular formula is C13H17ClN2O5S2. The molecule has 1 aromatic rings. The van der Waals surface area contributed by atoms with Gasteiger partial charge in [0, 0.05) is 19.2 Å². The summed E-state index contributed by atoms with van der Waals surface area (Å²) in [4.78, 5) is 11.8. The van der Waals surface area contributed by atoms with E-state index in [1.54, 1.807) is 6.07 Å². The second kappa shape index (κ2) is 6.66. The highest BCUT2D eigenvalue weighted by atomic mass is 35.5. The van der Waals surface area contributed by atoms with Crippen molar-refractivity contribution in [2.24, 2.45) is 0 Å². The van der Waals surface area contributed by atoms with Crippen molar-refractivity contribution in [2.75, 3.05) is 33.9 Å². The van der Waals surface area contributed by atoms with Crippen molar-refractivity contribution >= 4 is 48.7 Å². The van der Waals surface area contributed by atoms with Gasteiger partial charge in [0.1, 0.15) is 9.84 Å². The van der Waals surface area contributed by atoms with Crippen molar-refractivity contribution in [1.82, 2.24) is 0 Å². The van der Waals surface area contributed by atoms with Crippen LogP contribution in [-0.2, 0) is 24.7 Å². The maximum absolute atomic E-state index is 11.9. The number of rotatable bonds is 5. The van der Waals surface area contributed by atoms with Crippen molar-refractivity contribution < 1.29 is 21.6 Å². The number of benzene rings is 1. The van der Waals surface area contributed by atoms with E-state index in [1.165, 1.54) is 16.4 Å². The second-order valence-electron chi connectivity index (χ2n) is 5.33. The number of anilines is 2. The highest BCUT2D eigenvalue weighted by Gasteiger charge is 2.28. The zero-order valence-corrected chi connectivity index (χ0v) is 14.8. The number of carbonyl (C=O) groups excluding carboxylic acids is 1. The normalized spacial score (nSPS) is 17.2. The Balaban J connectivity index is 2.16. The maximum atomic E-state index is 11.9. The standard InChI is InChI=1S/C13H17ClN2O5S2/c1-22(18,19)8-5-13(17)15-12-9-10(3-4-11(12)14)16-6-2-7-23(16,20)21/h3-4,9H,2,5-8H2,1H3,(H,15,17). The van der Waals surface area contributed by atoms with E-state index >= 15 is 0 Å². The van der Waals surface area contributed by atoms with Crippen LogP contribution in [0.5, 0.6) is 0 Å². The van der Waals surface area contributed by atoms with E-state index in [0.29, 0.717) is 18.7 Å². The monoisotopic (exact) mass is 380 g/mol. The molecule has 23 heavy (non-hydrogen) atoms. The maximum Gasteiger partial charge on any atom is 0.235 e. The molecule has 7 nitrogen and oxygen atoms in total. The third-order valence-corrected chi connectivity index (χ3v) is 6.46. The van der Waals surface area contributed by atoms with Crippen LogP contribution in [0.4, 0.5) is 11.4 Å². The minimum atomic E-state index is -3.33. The highest BCUT2D eigenvalue weighted by Crippen LogP contribution is 2.31. The molecule has 128 valence electrons. The number of sulfonamides is 1. The predicted octanol–water partition coefficient (Wildman–Crippen LogP) is 1.25. The minimum absolute atomic E-state index is 0.0890. The zero-order valence-electron chi connectivity index (χ0n) is 12.5. The molecule has 1 aliphatic heterocycles. The van der Waals surface area contributed by atoms with Gasteiger partial charge in [0.25, 0.3) is 0 Å². The lowest BCUT2D eigenvalue weighted by Gasteiger charge is -2.18. The summed E-state index contributed by atoms with van der Waals surface area (Å²) in [6, 6.07) is 4.54. The van der Waals surface area contributed by atoms with E-state index in [1.807, 2.05) is 0 Å². The molecule has 1 aliphatic rings. The largest absolute Gasteiger partial charge is 0.325 e. The molecule has 0 bridgehead atoms. The molecule has 1 fully saturated rings. The van der Waals surface area contributed by atoms with Gasteiger partial charge in [-0.05, 0) is 24.6 Å². The Kier molecular flexibility index (Phi) is 5.22. The molecule has 1 saturated heterocycles. The van der Waals surface area contributed by atoms with E-state index in [0.717, 1.165) is 6.26 Å². The van der Waals surface area contributed by atoms with Crippen LogP contribution in [0.25, 0.3) is 0 Å². The van der Waals surface area contributed by atoms with Gasteiger partial charge >= 0.3 is 0 Å². The van der Waals surface area contributed by atoms with E-state index < -0.39 is 25.8 Å². The average Bonchev–Trinajstić information content (AvgIpc) is 2.78. The van der Waals surface area contributed by atoms with Crippen LogP contribution in [0.15, 0.2) is 18.2 Å². The van der Waals surface area contributed by atoms with Crippen molar-refractivity contribution in [2.45, 2.75) is 12.8 Å². The summed E-state index contributed by atoms with van der Waals surface area (Å²) in [5, 5.41) is 2.77. The third-order valence-electron chi connectivity index (χ3n) is 3.31. The molecule has 1 amide bonds. The number of nitrogens with one attached hydrogen (secondary N) is 1. The van der Waals surface area contributed by atoms with Crippen LogP contribution in [0, 0.1) is 0 Å². The number of halogens is 1. The lowest BCUT2D eigenvalue weighted by molar-refractivity contribution is -0.115. The first-order valence-corrected chi connectivity index (χ1v) is 10.9. The number of nitrogens with zero attached hydrogens (tertiary/aromatic N) is 1. The number of amides is 1. The van der Waals surface area contributed by atoms with Crippen LogP contribution in [-0.4, -0.2) is 47.0 Å². The first-order valence-electron chi connectivity index (χ1n) is 6.86. The van der Waals surface area contributed by atoms with E-state index in [4.69, 9.17) is 11.6 Å². The van der Waals surface area contributed by atoms with Crippen molar-refractivity contribution in [3.8, 4) is 0 Å². The molecule has 2 rings (SSSR count). The molecule has 1 heterocycles. The first-order chi connectivity index (χ1) is 10.6. The first kappa shape index (κ1) is 18.0. The Hall–Kier alpha value is -1.32. The van der Waals surface area contributed by atoms with Gasteiger partial charge in [0.2, 0.25) is 15.9 Å². The number of sulfone groups is 1. The summed E-state index contributed by atoms with van der Waals surface area (Å²) in [6.45, 7) is 0.380. The van der Waals surface area contributed by atoms with E-state index in [2.05, 4.69) is 5.32 Å². The SMILES string of the molecule is CS(=O)(=O)CCC(=O)Nc1cc(N2CCCS2(=O)=O)ccc1Cl. The van der Waals surface area contributed by atoms with Crippen LogP contribution in [0.2, 0.25) is 5.02 Å².